The van der Waals surface area contributed by atoms with Crippen molar-refractivity contribution in [1.29, 1.82) is 0 Å². The van der Waals surface area contributed by atoms with Gasteiger partial charge in [0, 0.05) is 5.56 Å². The van der Waals surface area contributed by atoms with E-state index in [0.717, 1.165) is 0 Å². The SMILES string of the molecule is COc1cc(C=NNC(=O)c2ccccc2)ccc1OC(=O)c1ccccc1Cl. The van der Waals surface area contributed by atoms with Gasteiger partial charge in [-0.3, -0.25) is 4.79 Å². The van der Waals surface area contributed by atoms with E-state index in [1.807, 2.05) is 6.07 Å². The Hall–Kier alpha value is -3.64. The number of methoxy groups -OCH3 is 1. The molecule has 0 aliphatic heterocycles. The van der Waals surface area contributed by atoms with Crippen LogP contribution in [0.25, 0.3) is 0 Å². The van der Waals surface area contributed by atoms with Gasteiger partial charge in [0.25, 0.3) is 5.91 Å². The highest BCUT2D eigenvalue weighted by molar-refractivity contribution is 6.33. The quantitative estimate of drug-likeness (QED) is 0.285. The highest BCUT2D eigenvalue weighted by atomic mass is 35.5. The van der Waals surface area contributed by atoms with Crippen LogP contribution in [0.1, 0.15) is 26.3 Å². The molecule has 7 heteroatoms. The summed E-state index contributed by atoms with van der Waals surface area (Å²) in [6.45, 7) is 0. The van der Waals surface area contributed by atoms with E-state index in [2.05, 4.69) is 10.5 Å². The summed E-state index contributed by atoms with van der Waals surface area (Å²) in [5, 5.41) is 4.24. The molecule has 0 bridgehead atoms. The van der Waals surface area contributed by atoms with Crippen molar-refractivity contribution in [3.8, 4) is 11.5 Å². The van der Waals surface area contributed by atoms with Crippen molar-refractivity contribution in [3.05, 3.63) is 94.5 Å². The van der Waals surface area contributed by atoms with E-state index < -0.39 is 5.97 Å². The Morgan fingerprint density at radius 1 is 0.966 bits per heavy atom. The normalized spacial score (nSPS) is 10.6. The minimum Gasteiger partial charge on any atom is -0.493 e. The van der Waals surface area contributed by atoms with Crippen LogP contribution in [0.5, 0.6) is 11.5 Å². The van der Waals surface area contributed by atoms with Crippen LogP contribution in [-0.4, -0.2) is 25.2 Å². The predicted octanol–water partition coefficient (Wildman–Crippen LogP) is 4.33. The fourth-order valence-corrected chi connectivity index (χ4v) is 2.66. The van der Waals surface area contributed by atoms with Crippen LogP contribution in [0.2, 0.25) is 5.02 Å². The third kappa shape index (κ3) is 5.21. The molecule has 0 saturated carbocycles. The maximum Gasteiger partial charge on any atom is 0.345 e. The Balaban J connectivity index is 1.69. The summed E-state index contributed by atoms with van der Waals surface area (Å²) >= 11 is 6.03. The van der Waals surface area contributed by atoms with Gasteiger partial charge in [-0.2, -0.15) is 5.10 Å². The van der Waals surface area contributed by atoms with Crippen molar-refractivity contribution in [2.24, 2.45) is 5.10 Å². The maximum atomic E-state index is 12.3. The number of rotatable bonds is 6. The lowest BCUT2D eigenvalue weighted by molar-refractivity contribution is 0.0729. The van der Waals surface area contributed by atoms with Crippen LogP contribution in [0.3, 0.4) is 0 Å². The molecule has 0 radical (unpaired) electrons. The fraction of sp³-hybridized carbons (Fsp3) is 0.0455. The maximum absolute atomic E-state index is 12.3. The molecule has 0 unspecified atom stereocenters. The number of hydrogen-bond acceptors (Lipinski definition) is 5. The van der Waals surface area contributed by atoms with Crippen LogP contribution in [0, 0.1) is 0 Å². The molecule has 0 saturated heterocycles. The van der Waals surface area contributed by atoms with Crippen LogP contribution in [0.15, 0.2) is 77.9 Å². The molecule has 0 aliphatic carbocycles. The standard InChI is InChI=1S/C22H17ClN2O4/c1-28-20-13-15(14-24-25-21(26)16-7-3-2-4-8-16)11-12-19(20)29-22(27)17-9-5-6-10-18(17)23/h2-14H,1H3,(H,25,26). The summed E-state index contributed by atoms with van der Waals surface area (Å²) in [5.41, 5.74) is 3.85. The Bertz CT molecular complexity index is 1050. The number of ether oxygens (including phenoxy) is 2. The highest BCUT2D eigenvalue weighted by Gasteiger charge is 2.15. The van der Waals surface area contributed by atoms with E-state index in [0.29, 0.717) is 21.9 Å². The number of amides is 1. The average molecular weight is 409 g/mol. The zero-order valence-corrected chi connectivity index (χ0v) is 16.2. The second-order valence-electron chi connectivity index (χ2n) is 5.84. The molecule has 29 heavy (non-hydrogen) atoms. The van der Waals surface area contributed by atoms with Crippen molar-refractivity contribution >= 4 is 29.7 Å². The summed E-state index contributed by atoms with van der Waals surface area (Å²) in [6, 6.07) is 20.2. The fourth-order valence-electron chi connectivity index (χ4n) is 2.45. The monoisotopic (exact) mass is 408 g/mol. The molecule has 6 nitrogen and oxygen atoms in total. The number of nitrogens with one attached hydrogen (secondary N) is 1. The van der Waals surface area contributed by atoms with E-state index in [1.165, 1.54) is 13.3 Å². The molecule has 1 N–H and O–H groups in total. The van der Waals surface area contributed by atoms with Crippen LogP contribution in [-0.2, 0) is 0 Å². The molecule has 0 spiro atoms. The zero-order chi connectivity index (χ0) is 20.6. The Kier molecular flexibility index (Phi) is 6.60. The molecule has 1 amide bonds. The lowest BCUT2D eigenvalue weighted by atomic mass is 10.2. The Labute approximate surface area is 172 Å². The van der Waals surface area contributed by atoms with E-state index in [9.17, 15) is 9.59 Å². The molecule has 0 atom stereocenters. The highest BCUT2D eigenvalue weighted by Crippen LogP contribution is 2.29. The summed E-state index contributed by atoms with van der Waals surface area (Å²) in [5.74, 6) is -0.337. The average Bonchev–Trinajstić information content (AvgIpc) is 2.75. The number of hydrazone groups is 1. The van der Waals surface area contributed by atoms with Crippen molar-refractivity contribution in [2.45, 2.75) is 0 Å². The zero-order valence-electron chi connectivity index (χ0n) is 15.5. The van der Waals surface area contributed by atoms with Gasteiger partial charge in [0.05, 0.1) is 23.9 Å². The molecule has 3 rings (SSSR count). The van der Waals surface area contributed by atoms with Gasteiger partial charge >= 0.3 is 5.97 Å². The van der Waals surface area contributed by atoms with Crippen LogP contribution < -0.4 is 14.9 Å². The summed E-state index contributed by atoms with van der Waals surface area (Å²) < 4.78 is 10.7. The third-order valence-electron chi connectivity index (χ3n) is 3.90. The van der Waals surface area contributed by atoms with Crippen molar-refractivity contribution < 1.29 is 19.1 Å². The Morgan fingerprint density at radius 3 is 2.41 bits per heavy atom. The summed E-state index contributed by atoms with van der Waals surface area (Å²) in [6.07, 6.45) is 1.46. The predicted molar refractivity (Wildman–Crippen MR) is 111 cm³/mol. The van der Waals surface area contributed by atoms with Crippen molar-refractivity contribution in [2.75, 3.05) is 7.11 Å². The number of carbonyl (C=O) groups is 2. The summed E-state index contributed by atoms with van der Waals surface area (Å²) in [7, 11) is 1.46. The van der Waals surface area contributed by atoms with Gasteiger partial charge in [-0.05, 0) is 48.0 Å². The van der Waals surface area contributed by atoms with Crippen LogP contribution in [0.4, 0.5) is 0 Å². The van der Waals surface area contributed by atoms with Gasteiger partial charge in [0.15, 0.2) is 11.5 Å². The van der Waals surface area contributed by atoms with E-state index in [1.54, 1.807) is 66.7 Å². The molecule has 3 aromatic carbocycles. The number of benzene rings is 3. The lowest BCUT2D eigenvalue weighted by Crippen LogP contribution is -2.17. The van der Waals surface area contributed by atoms with Gasteiger partial charge < -0.3 is 9.47 Å². The first-order chi connectivity index (χ1) is 14.1. The van der Waals surface area contributed by atoms with Crippen molar-refractivity contribution in [3.63, 3.8) is 0 Å². The van der Waals surface area contributed by atoms with E-state index in [4.69, 9.17) is 21.1 Å². The molecular formula is C22H17ClN2O4. The second-order valence-corrected chi connectivity index (χ2v) is 6.25. The van der Waals surface area contributed by atoms with E-state index >= 15 is 0 Å². The number of carbonyl (C=O) groups excluding carboxylic acids is 2. The van der Waals surface area contributed by atoms with Crippen LogP contribution >= 0.6 is 11.6 Å². The molecule has 3 aromatic rings. The molecule has 0 aliphatic rings. The van der Waals surface area contributed by atoms with Gasteiger partial charge in [-0.1, -0.05) is 41.9 Å². The minimum atomic E-state index is -0.592. The first-order valence-electron chi connectivity index (χ1n) is 8.61. The third-order valence-corrected chi connectivity index (χ3v) is 4.23. The van der Waals surface area contributed by atoms with Crippen molar-refractivity contribution in [1.82, 2.24) is 5.43 Å². The number of hydrogen-bond donors (Lipinski definition) is 1. The smallest absolute Gasteiger partial charge is 0.345 e. The second kappa shape index (κ2) is 9.52. The minimum absolute atomic E-state index is 0.239. The molecule has 0 heterocycles. The molecule has 0 fully saturated rings. The number of esters is 1. The van der Waals surface area contributed by atoms with Gasteiger partial charge in [0.1, 0.15) is 0 Å². The lowest BCUT2D eigenvalue weighted by Gasteiger charge is -2.10. The largest absolute Gasteiger partial charge is 0.493 e. The van der Waals surface area contributed by atoms with Gasteiger partial charge in [-0.25, -0.2) is 10.2 Å². The first kappa shape index (κ1) is 20.1. The van der Waals surface area contributed by atoms with Gasteiger partial charge in [-0.15, -0.1) is 0 Å². The Morgan fingerprint density at radius 2 is 1.69 bits per heavy atom. The molecule has 146 valence electrons. The first-order valence-corrected chi connectivity index (χ1v) is 8.99. The summed E-state index contributed by atoms with van der Waals surface area (Å²) in [4.78, 5) is 24.3. The number of nitrogens with zero attached hydrogens (tertiary/aromatic N) is 1. The topological polar surface area (TPSA) is 77.0 Å². The van der Waals surface area contributed by atoms with Gasteiger partial charge in [0.2, 0.25) is 0 Å². The molecule has 0 aromatic heterocycles. The number of halogens is 1. The molecular weight excluding hydrogens is 392 g/mol. The van der Waals surface area contributed by atoms with E-state index in [-0.39, 0.29) is 17.2 Å².